The summed E-state index contributed by atoms with van der Waals surface area (Å²) in [5, 5.41) is 13.6. The molecule has 1 rings (SSSR count). The summed E-state index contributed by atoms with van der Waals surface area (Å²) in [6.45, 7) is 8.61. The van der Waals surface area contributed by atoms with Crippen molar-refractivity contribution in [3.8, 4) is 0 Å². The number of halogens is 1. The van der Waals surface area contributed by atoms with Gasteiger partial charge < -0.3 is 5.32 Å². The first kappa shape index (κ1) is 17.6. The van der Waals surface area contributed by atoms with Crippen molar-refractivity contribution >= 4 is 27.5 Å². The van der Waals surface area contributed by atoms with Crippen LogP contribution in [0.25, 0.3) is 0 Å². The molecule has 116 valence electrons. The Morgan fingerprint density at radius 2 is 2.00 bits per heavy atom. The molecule has 0 aliphatic heterocycles. The van der Waals surface area contributed by atoms with E-state index in [1.165, 1.54) is 12.1 Å². The van der Waals surface area contributed by atoms with Gasteiger partial charge in [0.25, 0.3) is 11.6 Å². The van der Waals surface area contributed by atoms with Crippen molar-refractivity contribution in [2.75, 3.05) is 6.54 Å². The molecule has 0 radical (unpaired) electrons. The maximum absolute atomic E-state index is 12.1. The Bertz CT molecular complexity index is 538. The number of rotatable bonds is 5. The molecule has 1 N–H and O–H groups in total. The molecule has 1 aromatic carbocycles. The lowest BCUT2D eigenvalue weighted by Crippen LogP contribution is -2.31. The Kier molecular flexibility index (Phi) is 5.89. The van der Waals surface area contributed by atoms with E-state index in [4.69, 9.17) is 0 Å². The third kappa shape index (κ3) is 6.25. The van der Waals surface area contributed by atoms with Crippen LogP contribution in [0.15, 0.2) is 18.2 Å². The normalized spacial score (nSPS) is 12.8. The molecule has 0 saturated heterocycles. The highest BCUT2D eigenvalue weighted by atomic mass is 79.9. The molecular weight excluding hydrogens is 336 g/mol. The largest absolute Gasteiger partial charge is 0.351 e. The van der Waals surface area contributed by atoms with Crippen LogP contribution >= 0.6 is 15.9 Å². The molecule has 21 heavy (non-hydrogen) atoms. The highest BCUT2D eigenvalue weighted by molar-refractivity contribution is 9.09. The summed E-state index contributed by atoms with van der Waals surface area (Å²) in [6, 6.07) is 4.40. The number of nitro groups is 1. The average Bonchev–Trinajstić information content (AvgIpc) is 2.33. The number of alkyl halides is 1. The van der Waals surface area contributed by atoms with Gasteiger partial charge in [0.1, 0.15) is 0 Å². The number of amides is 1. The van der Waals surface area contributed by atoms with Gasteiger partial charge in [-0.3, -0.25) is 14.9 Å². The Labute approximate surface area is 133 Å². The van der Waals surface area contributed by atoms with Gasteiger partial charge in [0.05, 0.1) is 4.92 Å². The van der Waals surface area contributed by atoms with Crippen LogP contribution < -0.4 is 5.32 Å². The van der Waals surface area contributed by atoms with E-state index >= 15 is 0 Å². The first-order valence-corrected chi connectivity index (χ1v) is 7.68. The molecular formula is C15H21BrN2O3. The average molecular weight is 357 g/mol. The fourth-order valence-corrected chi connectivity index (χ4v) is 3.17. The maximum atomic E-state index is 12.1. The fraction of sp³-hybridized carbons (Fsp3) is 0.533. The predicted octanol–water partition coefficient (Wildman–Crippen LogP) is 3.83. The Hall–Kier alpha value is -1.43. The summed E-state index contributed by atoms with van der Waals surface area (Å²) in [6.07, 6.45) is 0.918. The number of benzene rings is 1. The number of hydrogen-bond acceptors (Lipinski definition) is 3. The predicted molar refractivity (Wildman–Crippen MR) is 87.0 cm³/mol. The van der Waals surface area contributed by atoms with E-state index in [1.807, 2.05) is 0 Å². The number of nitro benzene ring substituents is 1. The van der Waals surface area contributed by atoms with Gasteiger partial charge >= 0.3 is 0 Å². The second kappa shape index (κ2) is 7.02. The summed E-state index contributed by atoms with van der Waals surface area (Å²) in [4.78, 5) is 22.6. The van der Waals surface area contributed by atoms with Gasteiger partial charge in [-0.1, -0.05) is 36.7 Å². The minimum Gasteiger partial charge on any atom is -0.351 e. The summed E-state index contributed by atoms with van der Waals surface area (Å²) in [5.41, 5.74) is 1.11. The van der Waals surface area contributed by atoms with E-state index < -0.39 is 4.92 Å². The molecule has 1 unspecified atom stereocenters. The Morgan fingerprint density at radius 3 is 2.52 bits per heavy atom. The maximum Gasteiger partial charge on any atom is 0.270 e. The first-order valence-electron chi connectivity index (χ1n) is 6.77. The quantitative estimate of drug-likeness (QED) is 0.494. The van der Waals surface area contributed by atoms with Crippen LogP contribution in [0, 0.1) is 22.5 Å². The number of hydrogen-bond donors (Lipinski definition) is 1. The molecule has 1 aromatic rings. The molecule has 0 heterocycles. The van der Waals surface area contributed by atoms with Crippen LogP contribution in [0.5, 0.6) is 0 Å². The lowest BCUT2D eigenvalue weighted by molar-refractivity contribution is -0.384. The third-order valence-corrected chi connectivity index (χ3v) is 3.50. The highest BCUT2D eigenvalue weighted by Gasteiger charge is 2.18. The number of carbonyl (C=O) groups is 1. The van der Waals surface area contributed by atoms with Gasteiger partial charge in [-0.05, 0) is 30.4 Å². The SMILES string of the molecule is Cc1cc(C(=O)NCC(Br)CC(C)(C)C)cc([N+](=O)[O-])c1. The fourth-order valence-electron chi connectivity index (χ4n) is 2.04. The Morgan fingerprint density at radius 1 is 1.38 bits per heavy atom. The second-order valence-corrected chi connectivity index (χ2v) is 7.68. The minimum atomic E-state index is -0.489. The van der Waals surface area contributed by atoms with Gasteiger partial charge in [-0.15, -0.1) is 0 Å². The van der Waals surface area contributed by atoms with Gasteiger partial charge in [0.15, 0.2) is 0 Å². The van der Waals surface area contributed by atoms with Crippen molar-refractivity contribution in [1.82, 2.24) is 5.32 Å². The number of nitrogens with zero attached hydrogens (tertiary/aromatic N) is 1. The lowest BCUT2D eigenvalue weighted by Gasteiger charge is -2.22. The van der Waals surface area contributed by atoms with Gasteiger partial charge in [0, 0.05) is 29.1 Å². The highest BCUT2D eigenvalue weighted by Crippen LogP contribution is 2.24. The standard InChI is InChI=1S/C15H21BrN2O3/c1-10-5-11(7-13(6-10)18(20)21)14(19)17-9-12(16)8-15(2,3)4/h5-7,12H,8-9H2,1-4H3,(H,17,19). The number of non-ortho nitro benzene ring substituents is 1. The molecule has 1 atom stereocenters. The lowest BCUT2D eigenvalue weighted by atomic mass is 9.90. The van der Waals surface area contributed by atoms with Crippen molar-refractivity contribution in [3.05, 3.63) is 39.4 Å². The number of nitrogens with one attached hydrogen (secondary N) is 1. The monoisotopic (exact) mass is 356 g/mol. The first-order chi connectivity index (χ1) is 9.58. The van der Waals surface area contributed by atoms with Crippen LogP contribution in [-0.2, 0) is 0 Å². The summed E-state index contributed by atoms with van der Waals surface area (Å²) in [5.74, 6) is -0.292. The molecule has 0 aliphatic rings. The molecule has 0 bridgehead atoms. The molecule has 5 nitrogen and oxygen atoms in total. The van der Waals surface area contributed by atoms with Crippen molar-refractivity contribution in [1.29, 1.82) is 0 Å². The van der Waals surface area contributed by atoms with Gasteiger partial charge in [-0.25, -0.2) is 0 Å². The van der Waals surface area contributed by atoms with Crippen LogP contribution in [0.4, 0.5) is 5.69 Å². The van der Waals surface area contributed by atoms with Crippen LogP contribution in [0.2, 0.25) is 0 Å². The number of carbonyl (C=O) groups excluding carboxylic acids is 1. The van der Waals surface area contributed by atoms with E-state index in [1.54, 1.807) is 13.0 Å². The summed E-state index contributed by atoms with van der Waals surface area (Å²) in [7, 11) is 0. The van der Waals surface area contributed by atoms with E-state index in [0.29, 0.717) is 17.7 Å². The molecule has 0 aromatic heterocycles. The van der Waals surface area contributed by atoms with Crippen molar-refractivity contribution in [2.24, 2.45) is 5.41 Å². The zero-order valence-corrected chi connectivity index (χ0v) is 14.4. The second-order valence-electron chi connectivity index (χ2n) is 6.39. The van der Waals surface area contributed by atoms with Crippen molar-refractivity contribution in [3.63, 3.8) is 0 Å². The van der Waals surface area contributed by atoms with Gasteiger partial charge in [-0.2, -0.15) is 0 Å². The van der Waals surface area contributed by atoms with E-state index in [0.717, 1.165) is 6.42 Å². The van der Waals surface area contributed by atoms with E-state index in [2.05, 4.69) is 42.0 Å². The molecule has 0 aliphatic carbocycles. The van der Waals surface area contributed by atoms with Crippen LogP contribution in [-0.4, -0.2) is 22.2 Å². The summed E-state index contributed by atoms with van der Waals surface area (Å²) < 4.78 is 0. The number of aryl methyl sites for hydroxylation is 1. The smallest absolute Gasteiger partial charge is 0.270 e. The van der Waals surface area contributed by atoms with Crippen LogP contribution in [0.1, 0.15) is 43.1 Å². The van der Waals surface area contributed by atoms with E-state index in [9.17, 15) is 14.9 Å². The van der Waals surface area contributed by atoms with Crippen molar-refractivity contribution < 1.29 is 9.72 Å². The molecule has 1 amide bonds. The van der Waals surface area contributed by atoms with Crippen molar-refractivity contribution in [2.45, 2.75) is 38.9 Å². The summed E-state index contributed by atoms with van der Waals surface area (Å²) >= 11 is 3.54. The van der Waals surface area contributed by atoms with Gasteiger partial charge in [0.2, 0.25) is 0 Å². The molecule has 0 spiro atoms. The minimum absolute atomic E-state index is 0.0646. The topological polar surface area (TPSA) is 72.2 Å². The molecule has 0 fully saturated rings. The Balaban J connectivity index is 2.70. The van der Waals surface area contributed by atoms with Crippen LogP contribution in [0.3, 0.4) is 0 Å². The zero-order valence-electron chi connectivity index (χ0n) is 12.8. The van der Waals surface area contributed by atoms with E-state index in [-0.39, 0.29) is 21.8 Å². The zero-order chi connectivity index (χ0) is 16.2. The molecule has 0 saturated carbocycles. The molecule has 6 heteroatoms. The third-order valence-electron chi connectivity index (χ3n) is 2.85.